The number of likely N-dealkylation sites (tertiary alicyclic amines) is 2. The normalized spacial score (nSPS) is 29.1. The SMILES string of the molecule is CCN1CCCCC1CNC(=NC)N1CCC(N2CC=CC2)C1.I. The number of piperidine rings is 1. The summed E-state index contributed by atoms with van der Waals surface area (Å²) in [6.45, 7) is 10.2. The highest BCUT2D eigenvalue weighted by atomic mass is 127. The highest BCUT2D eigenvalue weighted by molar-refractivity contribution is 14.0. The van der Waals surface area contributed by atoms with Crippen molar-refractivity contribution >= 4 is 29.9 Å². The smallest absolute Gasteiger partial charge is 0.193 e. The number of rotatable bonds is 4. The molecule has 2 fully saturated rings. The van der Waals surface area contributed by atoms with Gasteiger partial charge in [-0.05, 0) is 32.4 Å². The van der Waals surface area contributed by atoms with E-state index in [0.717, 1.165) is 38.7 Å². The highest BCUT2D eigenvalue weighted by Crippen LogP contribution is 2.19. The Kier molecular flexibility index (Phi) is 8.30. The maximum Gasteiger partial charge on any atom is 0.193 e. The van der Waals surface area contributed by atoms with Gasteiger partial charge in [-0.25, -0.2) is 0 Å². The molecule has 0 aromatic carbocycles. The van der Waals surface area contributed by atoms with E-state index in [1.165, 1.54) is 38.8 Å². The molecule has 6 heteroatoms. The molecular weight excluding hydrogens is 413 g/mol. The topological polar surface area (TPSA) is 34.1 Å². The van der Waals surface area contributed by atoms with E-state index in [2.05, 4.69) is 44.1 Å². The van der Waals surface area contributed by atoms with Crippen molar-refractivity contribution < 1.29 is 0 Å². The third-order valence-electron chi connectivity index (χ3n) is 5.69. The number of nitrogens with one attached hydrogen (secondary N) is 1. The summed E-state index contributed by atoms with van der Waals surface area (Å²) in [5.74, 6) is 1.10. The van der Waals surface area contributed by atoms with E-state index in [9.17, 15) is 0 Å². The molecule has 1 N–H and O–H groups in total. The van der Waals surface area contributed by atoms with Crippen LogP contribution in [0.4, 0.5) is 0 Å². The van der Waals surface area contributed by atoms with Crippen LogP contribution >= 0.6 is 24.0 Å². The van der Waals surface area contributed by atoms with Gasteiger partial charge < -0.3 is 10.2 Å². The number of likely N-dealkylation sites (N-methyl/N-ethyl adjacent to an activating group) is 1. The molecule has 0 bridgehead atoms. The van der Waals surface area contributed by atoms with Crippen LogP contribution in [0.25, 0.3) is 0 Å². The zero-order chi connectivity index (χ0) is 16.1. The largest absolute Gasteiger partial charge is 0.355 e. The third-order valence-corrected chi connectivity index (χ3v) is 5.69. The van der Waals surface area contributed by atoms with Crippen molar-refractivity contribution in [3.8, 4) is 0 Å². The molecule has 3 aliphatic rings. The lowest BCUT2D eigenvalue weighted by Crippen LogP contribution is -2.50. The second-order valence-corrected chi connectivity index (χ2v) is 7.02. The fourth-order valence-corrected chi connectivity index (χ4v) is 4.27. The molecule has 2 atom stereocenters. The van der Waals surface area contributed by atoms with Crippen LogP contribution in [0.2, 0.25) is 0 Å². The van der Waals surface area contributed by atoms with Crippen molar-refractivity contribution in [2.75, 3.05) is 52.9 Å². The van der Waals surface area contributed by atoms with Crippen LogP contribution in [0.1, 0.15) is 32.6 Å². The number of hydrogen-bond donors (Lipinski definition) is 1. The molecule has 0 spiro atoms. The van der Waals surface area contributed by atoms with Crippen LogP contribution in [0.3, 0.4) is 0 Å². The molecule has 0 radical (unpaired) electrons. The van der Waals surface area contributed by atoms with Gasteiger partial charge in [-0.2, -0.15) is 0 Å². The molecule has 0 aromatic heterocycles. The Morgan fingerprint density at radius 1 is 1.17 bits per heavy atom. The molecule has 3 rings (SSSR count). The van der Waals surface area contributed by atoms with Gasteiger partial charge in [0.1, 0.15) is 0 Å². The maximum absolute atomic E-state index is 4.55. The minimum atomic E-state index is 0. The van der Waals surface area contributed by atoms with Gasteiger partial charge >= 0.3 is 0 Å². The number of hydrogen-bond acceptors (Lipinski definition) is 3. The Hall–Kier alpha value is -0.340. The van der Waals surface area contributed by atoms with Crippen molar-refractivity contribution in [1.29, 1.82) is 0 Å². The lowest BCUT2D eigenvalue weighted by molar-refractivity contribution is 0.156. The first-order valence-electron chi connectivity index (χ1n) is 9.40. The Morgan fingerprint density at radius 3 is 2.67 bits per heavy atom. The van der Waals surface area contributed by atoms with Crippen molar-refractivity contribution in [3.63, 3.8) is 0 Å². The van der Waals surface area contributed by atoms with Crippen LogP contribution in [0.5, 0.6) is 0 Å². The van der Waals surface area contributed by atoms with Crippen LogP contribution in [0, 0.1) is 0 Å². The van der Waals surface area contributed by atoms with Crippen molar-refractivity contribution in [2.24, 2.45) is 4.99 Å². The monoisotopic (exact) mass is 447 g/mol. The fraction of sp³-hybridized carbons (Fsp3) is 0.833. The summed E-state index contributed by atoms with van der Waals surface area (Å²) in [6.07, 6.45) is 9.88. The van der Waals surface area contributed by atoms with Crippen molar-refractivity contribution in [2.45, 2.75) is 44.7 Å². The minimum Gasteiger partial charge on any atom is -0.355 e. The lowest BCUT2D eigenvalue weighted by atomic mass is 10.0. The van der Waals surface area contributed by atoms with Gasteiger partial charge in [0.15, 0.2) is 5.96 Å². The second kappa shape index (κ2) is 9.97. The van der Waals surface area contributed by atoms with Crippen molar-refractivity contribution in [3.05, 3.63) is 12.2 Å². The molecule has 138 valence electrons. The Morgan fingerprint density at radius 2 is 1.96 bits per heavy atom. The van der Waals surface area contributed by atoms with E-state index in [-0.39, 0.29) is 24.0 Å². The molecule has 0 amide bonds. The number of halogens is 1. The molecule has 2 unspecified atom stereocenters. The predicted octanol–water partition coefficient (Wildman–Crippen LogP) is 2.00. The summed E-state index contributed by atoms with van der Waals surface area (Å²) < 4.78 is 0. The highest BCUT2D eigenvalue weighted by Gasteiger charge is 2.30. The molecule has 0 aliphatic carbocycles. The predicted molar refractivity (Wildman–Crippen MR) is 112 cm³/mol. The van der Waals surface area contributed by atoms with Crippen LogP contribution in [0.15, 0.2) is 17.1 Å². The average Bonchev–Trinajstić information content (AvgIpc) is 3.27. The van der Waals surface area contributed by atoms with E-state index in [1.54, 1.807) is 0 Å². The average molecular weight is 447 g/mol. The first kappa shape index (κ1) is 20.0. The summed E-state index contributed by atoms with van der Waals surface area (Å²) in [4.78, 5) is 12.2. The van der Waals surface area contributed by atoms with Gasteiger partial charge in [-0.3, -0.25) is 14.8 Å². The Labute approximate surface area is 164 Å². The second-order valence-electron chi connectivity index (χ2n) is 7.02. The van der Waals surface area contributed by atoms with Crippen molar-refractivity contribution in [1.82, 2.24) is 20.0 Å². The number of aliphatic imine (C=N–C) groups is 1. The molecule has 3 aliphatic heterocycles. The maximum atomic E-state index is 4.55. The molecule has 2 saturated heterocycles. The molecule has 24 heavy (non-hydrogen) atoms. The van der Waals surface area contributed by atoms with Crippen LogP contribution in [-0.4, -0.2) is 85.6 Å². The lowest BCUT2D eigenvalue weighted by Gasteiger charge is -2.36. The Balaban J connectivity index is 0.00000208. The van der Waals surface area contributed by atoms with Gasteiger partial charge in [-0.1, -0.05) is 25.5 Å². The third kappa shape index (κ3) is 4.85. The van der Waals surface area contributed by atoms with E-state index in [0.29, 0.717) is 12.1 Å². The van der Waals surface area contributed by atoms with E-state index in [4.69, 9.17) is 0 Å². The summed E-state index contributed by atoms with van der Waals surface area (Å²) in [7, 11) is 1.92. The van der Waals surface area contributed by atoms with E-state index < -0.39 is 0 Å². The van der Waals surface area contributed by atoms with Crippen LogP contribution < -0.4 is 5.32 Å². The summed E-state index contributed by atoms with van der Waals surface area (Å²) in [6, 6.07) is 1.36. The fourth-order valence-electron chi connectivity index (χ4n) is 4.27. The van der Waals surface area contributed by atoms with Gasteiger partial charge in [0, 0.05) is 51.9 Å². The minimum absolute atomic E-state index is 0. The van der Waals surface area contributed by atoms with Crippen LogP contribution in [-0.2, 0) is 0 Å². The molecule has 3 heterocycles. The van der Waals surface area contributed by atoms with E-state index in [1.807, 2.05) is 7.05 Å². The zero-order valence-electron chi connectivity index (χ0n) is 15.3. The quantitative estimate of drug-likeness (QED) is 0.310. The van der Waals surface area contributed by atoms with Gasteiger partial charge in [0.05, 0.1) is 0 Å². The molecular formula is C18H34IN5. The molecule has 0 aromatic rings. The summed E-state index contributed by atoms with van der Waals surface area (Å²) in [5, 5.41) is 3.66. The summed E-state index contributed by atoms with van der Waals surface area (Å²) >= 11 is 0. The first-order chi connectivity index (χ1) is 11.3. The molecule has 5 nitrogen and oxygen atoms in total. The summed E-state index contributed by atoms with van der Waals surface area (Å²) in [5.41, 5.74) is 0. The van der Waals surface area contributed by atoms with Gasteiger partial charge in [0.25, 0.3) is 0 Å². The standard InChI is InChI=1S/C18H33N5.HI/c1-3-21-10-5-4-8-16(21)14-20-18(19-2)23-13-9-17(15-23)22-11-6-7-12-22;/h6-7,16-17H,3-5,8-15H2,1-2H3,(H,19,20);1H. The Bertz CT molecular complexity index is 431. The molecule has 0 saturated carbocycles. The van der Waals surface area contributed by atoms with E-state index >= 15 is 0 Å². The van der Waals surface area contributed by atoms with Gasteiger partial charge in [-0.15, -0.1) is 24.0 Å². The van der Waals surface area contributed by atoms with Gasteiger partial charge in [0.2, 0.25) is 0 Å². The zero-order valence-corrected chi connectivity index (χ0v) is 17.6. The number of guanidine groups is 1. The number of nitrogens with zero attached hydrogens (tertiary/aromatic N) is 4. The first-order valence-corrected chi connectivity index (χ1v) is 9.40.